The van der Waals surface area contributed by atoms with Crippen LogP contribution in [0.3, 0.4) is 0 Å². The van der Waals surface area contributed by atoms with Crippen LogP contribution >= 0.6 is 0 Å². The number of fused-ring (bicyclic) bond motifs is 10. The predicted octanol–water partition coefficient (Wildman–Crippen LogP) is 11.2. The Morgan fingerprint density at radius 1 is 0.381 bits per heavy atom. The van der Waals surface area contributed by atoms with E-state index in [0.717, 1.165) is 22.2 Å². The number of aromatic nitrogens is 1. The van der Waals surface area contributed by atoms with Crippen molar-refractivity contribution in [1.82, 2.24) is 4.57 Å². The minimum atomic E-state index is 0.924. The lowest BCUT2D eigenvalue weighted by Crippen LogP contribution is -1.94. The molecule has 2 heterocycles. The molecule has 2 aromatic heterocycles. The number of nitrogens with zero attached hydrogens (tertiary/aromatic N) is 1. The van der Waals surface area contributed by atoms with Crippen molar-refractivity contribution in [2.75, 3.05) is 0 Å². The molecule has 0 saturated heterocycles. The fraction of sp³-hybridized carbons (Fsp3) is 0. The molecule has 7 aromatic carbocycles. The Hall–Kier alpha value is -5.60. The topological polar surface area (TPSA) is 18.1 Å². The van der Waals surface area contributed by atoms with Crippen molar-refractivity contribution in [3.63, 3.8) is 0 Å². The predicted molar refractivity (Wildman–Crippen MR) is 175 cm³/mol. The molecule has 0 radical (unpaired) electrons. The SMILES string of the molecule is c1cc(-c2ccc3c4c(cccc24)-c2ccccc2-3)cc(-n2c3ccccc3c3c4c(ccc32)oc2ccccc24)c1. The van der Waals surface area contributed by atoms with Gasteiger partial charge in [0, 0.05) is 27.2 Å². The lowest BCUT2D eigenvalue weighted by molar-refractivity contribution is 0.669. The molecule has 2 heteroatoms. The fourth-order valence-electron chi connectivity index (χ4n) is 7.43. The summed E-state index contributed by atoms with van der Waals surface area (Å²) in [6.07, 6.45) is 0. The summed E-state index contributed by atoms with van der Waals surface area (Å²) in [5.74, 6) is 0. The molecule has 0 saturated carbocycles. The summed E-state index contributed by atoms with van der Waals surface area (Å²) in [6.45, 7) is 0. The minimum Gasteiger partial charge on any atom is -0.456 e. The van der Waals surface area contributed by atoms with Crippen LogP contribution in [0.25, 0.3) is 93.6 Å². The first-order valence-electron chi connectivity index (χ1n) is 14.4. The molecule has 1 aliphatic carbocycles. The van der Waals surface area contributed by atoms with E-state index >= 15 is 0 Å². The van der Waals surface area contributed by atoms with Crippen LogP contribution in [0.15, 0.2) is 144 Å². The average molecular weight is 534 g/mol. The second-order valence-electron chi connectivity index (χ2n) is 11.3. The quantitative estimate of drug-likeness (QED) is 0.216. The summed E-state index contributed by atoms with van der Waals surface area (Å²) in [4.78, 5) is 0. The summed E-state index contributed by atoms with van der Waals surface area (Å²) in [5, 5.41) is 7.46. The maximum absolute atomic E-state index is 6.28. The normalized spacial score (nSPS) is 12.3. The zero-order chi connectivity index (χ0) is 27.4. The molecular weight excluding hydrogens is 510 g/mol. The second-order valence-corrected chi connectivity index (χ2v) is 11.3. The third-order valence-electron chi connectivity index (χ3n) is 9.14. The number of rotatable bonds is 2. The van der Waals surface area contributed by atoms with Gasteiger partial charge in [0.15, 0.2) is 0 Å². The molecule has 0 aliphatic heterocycles. The first-order chi connectivity index (χ1) is 20.8. The van der Waals surface area contributed by atoms with Gasteiger partial charge in [-0.2, -0.15) is 0 Å². The third-order valence-corrected chi connectivity index (χ3v) is 9.14. The Morgan fingerprint density at radius 2 is 1.07 bits per heavy atom. The minimum absolute atomic E-state index is 0.924. The molecule has 42 heavy (non-hydrogen) atoms. The van der Waals surface area contributed by atoms with Crippen molar-refractivity contribution < 1.29 is 4.42 Å². The second kappa shape index (κ2) is 7.99. The fourth-order valence-corrected chi connectivity index (χ4v) is 7.43. The van der Waals surface area contributed by atoms with E-state index in [1.807, 2.05) is 6.07 Å². The first kappa shape index (κ1) is 22.1. The molecule has 0 spiro atoms. The molecule has 2 nitrogen and oxygen atoms in total. The number of benzene rings is 7. The van der Waals surface area contributed by atoms with Crippen LogP contribution < -0.4 is 0 Å². The molecule has 9 aromatic rings. The van der Waals surface area contributed by atoms with Gasteiger partial charge in [0.25, 0.3) is 0 Å². The molecular formula is C40H23NO. The molecule has 0 amide bonds. The summed E-state index contributed by atoms with van der Waals surface area (Å²) in [6, 6.07) is 50.5. The van der Waals surface area contributed by atoms with Crippen LogP contribution in [-0.2, 0) is 0 Å². The lowest BCUT2D eigenvalue weighted by atomic mass is 9.94. The highest BCUT2D eigenvalue weighted by Gasteiger charge is 2.23. The van der Waals surface area contributed by atoms with Crippen molar-refractivity contribution in [1.29, 1.82) is 0 Å². The van der Waals surface area contributed by atoms with Gasteiger partial charge in [-0.3, -0.25) is 0 Å². The standard InChI is InChI=1S/C40H23NO/c1-2-12-28-27(11-1)30-16-8-15-29-26(19-20-31(28)38(29)30)24-9-7-10-25(23-24)41-34-17-5-3-13-32(34)39-35(41)21-22-37-40(39)33-14-4-6-18-36(33)42-37/h1-23H. The highest BCUT2D eigenvalue weighted by atomic mass is 16.3. The molecule has 0 atom stereocenters. The van der Waals surface area contributed by atoms with Crippen LogP contribution in [0.5, 0.6) is 0 Å². The van der Waals surface area contributed by atoms with E-state index in [0.29, 0.717) is 0 Å². The highest BCUT2D eigenvalue weighted by molar-refractivity contribution is 6.27. The zero-order valence-electron chi connectivity index (χ0n) is 22.6. The van der Waals surface area contributed by atoms with Crippen molar-refractivity contribution in [3.05, 3.63) is 140 Å². The molecule has 194 valence electrons. The first-order valence-corrected chi connectivity index (χ1v) is 14.4. The van der Waals surface area contributed by atoms with Gasteiger partial charge >= 0.3 is 0 Å². The lowest BCUT2D eigenvalue weighted by Gasteiger charge is -2.13. The smallest absolute Gasteiger partial charge is 0.136 e. The van der Waals surface area contributed by atoms with Crippen LogP contribution in [0, 0.1) is 0 Å². The Morgan fingerprint density at radius 3 is 1.98 bits per heavy atom. The number of para-hydroxylation sites is 2. The number of hydrogen-bond donors (Lipinski definition) is 0. The Labute approximate surface area is 241 Å². The van der Waals surface area contributed by atoms with Crippen LogP contribution in [0.1, 0.15) is 0 Å². The van der Waals surface area contributed by atoms with Gasteiger partial charge < -0.3 is 8.98 Å². The van der Waals surface area contributed by atoms with Gasteiger partial charge in [0.2, 0.25) is 0 Å². The summed E-state index contributed by atoms with van der Waals surface area (Å²) in [7, 11) is 0. The molecule has 10 rings (SSSR count). The van der Waals surface area contributed by atoms with Crippen molar-refractivity contribution in [3.8, 4) is 39.1 Å². The number of hydrogen-bond acceptors (Lipinski definition) is 1. The van der Waals surface area contributed by atoms with Gasteiger partial charge in [-0.15, -0.1) is 0 Å². The Kier molecular flexibility index (Phi) is 4.21. The maximum Gasteiger partial charge on any atom is 0.136 e. The van der Waals surface area contributed by atoms with Crippen molar-refractivity contribution in [2.24, 2.45) is 0 Å². The molecule has 1 aliphatic rings. The Balaban J connectivity index is 1.24. The van der Waals surface area contributed by atoms with E-state index < -0.39 is 0 Å². The van der Waals surface area contributed by atoms with Gasteiger partial charge in [0.1, 0.15) is 11.2 Å². The summed E-state index contributed by atoms with van der Waals surface area (Å²) in [5.41, 5.74) is 13.2. The number of furan rings is 1. The van der Waals surface area contributed by atoms with Gasteiger partial charge in [0.05, 0.1) is 11.0 Å². The van der Waals surface area contributed by atoms with Crippen LogP contribution in [-0.4, -0.2) is 4.57 Å². The van der Waals surface area contributed by atoms with Crippen molar-refractivity contribution >= 4 is 54.5 Å². The van der Waals surface area contributed by atoms with Gasteiger partial charge in [-0.1, -0.05) is 103 Å². The summed E-state index contributed by atoms with van der Waals surface area (Å²) >= 11 is 0. The largest absolute Gasteiger partial charge is 0.456 e. The van der Waals surface area contributed by atoms with E-state index in [1.54, 1.807) is 0 Å². The van der Waals surface area contributed by atoms with E-state index in [-0.39, 0.29) is 0 Å². The Bertz CT molecular complexity index is 2550. The van der Waals surface area contributed by atoms with E-state index in [9.17, 15) is 0 Å². The molecule has 0 bridgehead atoms. The van der Waals surface area contributed by atoms with E-state index in [4.69, 9.17) is 4.42 Å². The van der Waals surface area contributed by atoms with E-state index in [1.165, 1.54) is 71.3 Å². The molecule has 0 fully saturated rings. The van der Waals surface area contributed by atoms with Crippen LogP contribution in [0.4, 0.5) is 0 Å². The third kappa shape index (κ3) is 2.78. The summed E-state index contributed by atoms with van der Waals surface area (Å²) < 4.78 is 8.69. The van der Waals surface area contributed by atoms with Crippen molar-refractivity contribution in [2.45, 2.75) is 0 Å². The monoisotopic (exact) mass is 533 g/mol. The highest BCUT2D eigenvalue weighted by Crippen LogP contribution is 2.49. The van der Waals surface area contributed by atoms with Gasteiger partial charge in [-0.25, -0.2) is 0 Å². The zero-order valence-corrected chi connectivity index (χ0v) is 22.6. The maximum atomic E-state index is 6.28. The average Bonchev–Trinajstić information content (AvgIpc) is 3.70. The molecule has 0 unspecified atom stereocenters. The molecule has 0 N–H and O–H groups in total. The van der Waals surface area contributed by atoms with Crippen LogP contribution in [0.2, 0.25) is 0 Å². The van der Waals surface area contributed by atoms with Gasteiger partial charge in [-0.05, 0) is 80.6 Å². The van der Waals surface area contributed by atoms with E-state index in [2.05, 4.69) is 138 Å².